The van der Waals surface area contributed by atoms with Gasteiger partial charge in [0.15, 0.2) is 17.3 Å². The Kier molecular flexibility index (Phi) is 3.47. The van der Waals surface area contributed by atoms with Crippen molar-refractivity contribution in [2.24, 2.45) is 5.73 Å². The van der Waals surface area contributed by atoms with Crippen molar-refractivity contribution in [3.63, 3.8) is 0 Å². The average Bonchev–Trinajstić information content (AvgIpc) is 2.20. The van der Waals surface area contributed by atoms with E-state index in [1.54, 1.807) is 6.92 Å². The Morgan fingerprint density at radius 3 is 2.47 bits per heavy atom. The number of rotatable bonds is 3. The van der Waals surface area contributed by atoms with Gasteiger partial charge in [-0.05, 0) is 24.9 Å². The molecule has 1 unspecified atom stereocenters. The molecule has 0 bridgehead atoms. The first-order chi connectivity index (χ1) is 6.99. The molecule has 0 aliphatic heterocycles. The van der Waals surface area contributed by atoms with Crippen molar-refractivity contribution in [3.05, 3.63) is 23.3 Å². The highest BCUT2D eigenvalue weighted by Gasteiger charge is 2.20. The van der Waals surface area contributed by atoms with Crippen LogP contribution in [0, 0.1) is 11.6 Å². The highest BCUT2D eigenvalue weighted by Crippen LogP contribution is 2.36. The zero-order valence-corrected chi connectivity index (χ0v) is 8.30. The van der Waals surface area contributed by atoms with Gasteiger partial charge in [-0.25, -0.2) is 4.39 Å². The summed E-state index contributed by atoms with van der Waals surface area (Å²) < 4.78 is 26.1. The van der Waals surface area contributed by atoms with Gasteiger partial charge in [-0.15, -0.1) is 0 Å². The molecule has 84 valence electrons. The maximum Gasteiger partial charge on any atom is 0.209 e. The average molecular weight is 217 g/mol. The van der Waals surface area contributed by atoms with Crippen LogP contribution in [0.2, 0.25) is 0 Å². The summed E-state index contributed by atoms with van der Waals surface area (Å²) in [6, 6.07) is 0.925. The van der Waals surface area contributed by atoms with Crippen LogP contribution in [0.3, 0.4) is 0 Å². The summed E-state index contributed by atoms with van der Waals surface area (Å²) in [5, 5.41) is 18.2. The van der Waals surface area contributed by atoms with E-state index < -0.39 is 23.1 Å². The molecule has 1 atom stereocenters. The topological polar surface area (TPSA) is 66.5 Å². The number of nitrogens with two attached hydrogens (primary N) is 1. The smallest absolute Gasteiger partial charge is 0.209 e. The van der Waals surface area contributed by atoms with E-state index in [4.69, 9.17) is 10.8 Å². The minimum atomic E-state index is -1.33. The van der Waals surface area contributed by atoms with E-state index in [1.807, 2.05) is 0 Å². The van der Waals surface area contributed by atoms with Gasteiger partial charge in [0.25, 0.3) is 0 Å². The van der Waals surface area contributed by atoms with E-state index in [0.717, 1.165) is 6.07 Å². The Morgan fingerprint density at radius 1 is 1.33 bits per heavy atom. The molecule has 0 saturated heterocycles. The molecular weight excluding hydrogens is 204 g/mol. The number of phenols is 2. The summed E-state index contributed by atoms with van der Waals surface area (Å²) in [5.74, 6) is -4.54. The lowest BCUT2D eigenvalue weighted by molar-refractivity contribution is 0.360. The lowest BCUT2D eigenvalue weighted by Gasteiger charge is -2.13. The normalized spacial score (nSPS) is 12.8. The van der Waals surface area contributed by atoms with Crippen molar-refractivity contribution in [2.45, 2.75) is 19.3 Å². The van der Waals surface area contributed by atoms with Gasteiger partial charge >= 0.3 is 0 Å². The molecule has 0 amide bonds. The number of aromatic hydroxyl groups is 2. The summed E-state index contributed by atoms with van der Waals surface area (Å²) in [6.07, 6.45) is 0.497. The third-order valence-corrected chi connectivity index (χ3v) is 2.33. The number of hydrogen-bond donors (Lipinski definition) is 3. The van der Waals surface area contributed by atoms with Gasteiger partial charge < -0.3 is 15.9 Å². The maximum atomic E-state index is 13.1. The zero-order valence-electron chi connectivity index (χ0n) is 8.30. The molecule has 4 N–H and O–H groups in total. The van der Waals surface area contributed by atoms with Gasteiger partial charge in [0.05, 0.1) is 0 Å². The van der Waals surface area contributed by atoms with Crippen LogP contribution in [0.5, 0.6) is 11.5 Å². The van der Waals surface area contributed by atoms with Crippen LogP contribution in [0.25, 0.3) is 0 Å². The third-order valence-electron chi connectivity index (χ3n) is 2.33. The molecule has 5 heteroatoms. The number of phenolic OH excluding ortho intramolecular Hbond substituents is 2. The Morgan fingerprint density at radius 2 is 1.93 bits per heavy atom. The van der Waals surface area contributed by atoms with Gasteiger partial charge in [-0.1, -0.05) is 6.92 Å². The van der Waals surface area contributed by atoms with Crippen molar-refractivity contribution in [3.8, 4) is 11.5 Å². The van der Waals surface area contributed by atoms with E-state index in [0.29, 0.717) is 13.0 Å². The fraction of sp³-hybridized carbons (Fsp3) is 0.400. The fourth-order valence-corrected chi connectivity index (χ4v) is 1.40. The summed E-state index contributed by atoms with van der Waals surface area (Å²) in [7, 11) is 0. The Hall–Kier alpha value is -1.36. The highest BCUT2D eigenvalue weighted by molar-refractivity contribution is 5.43. The van der Waals surface area contributed by atoms with Crippen LogP contribution < -0.4 is 5.73 Å². The summed E-state index contributed by atoms with van der Waals surface area (Å²) >= 11 is 0. The van der Waals surface area contributed by atoms with Gasteiger partial charge in [0, 0.05) is 5.56 Å². The maximum absolute atomic E-state index is 13.1. The molecule has 1 rings (SSSR count). The van der Waals surface area contributed by atoms with Crippen LogP contribution in [-0.4, -0.2) is 16.8 Å². The number of halogens is 2. The minimum absolute atomic E-state index is 0.119. The summed E-state index contributed by atoms with van der Waals surface area (Å²) in [5.41, 5.74) is 5.42. The molecule has 0 aromatic heterocycles. The molecule has 0 heterocycles. The van der Waals surface area contributed by atoms with Crippen LogP contribution in [-0.2, 0) is 0 Å². The largest absolute Gasteiger partial charge is 0.505 e. The molecule has 3 nitrogen and oxygen atoms in total. The Labute approximate surface area is 86.2 Å². The lowest BCUT2D eigenvalue weighted by atomic mass is 9.96. The number of hydrogen-bond acceptors (Lipinski definition) is 3. The van der Waals surface area contributed by atoms with Crippen molar-refractivity contribution < 1.29 is 19.0 Å². The molecular formula is C10H13F2NO2. The van der Waals surface area contributed by atoms with Gasteiger partial charge in [-0.3, -0.25) is 0 Å². The first-order valence-electron chi connectivity index (χ1n) is 4.59. The molecule has 0 aliphatic rings. The first-order valence-corrected chi connectivity index (χ1v) is 4.59. The van der Waals surface area contributed by atoms with E-state index in [-0.39, 0.29) is 11.5 Å². The van der Waals surface area contributed by atoms with Crippen molar-refractivity contribution in [1.82, 2.24) is 0 Å². The monoisotopic (exact) mass is 217 g/mol. The van der Waals surface area contributed by atoms with Crippen LogP contribution >= 0.6 is 0 Å². The SMILES string of the molecule is CC(CCN)c1cc(F)c(O)c(F)c1O. The third kappa shape index (κ3) is 2.18. The van der Waals surface area contributed by atoms with Gasteiger partial charge in [-0.2, -0.15) is 4.39 Å². The molecule has 0 spiro atoms. The van der Waals surface area contributed by atoms with Crippen molar-refractivity contribution in [2.75, 3.05) is 6.54 Å². The van der Waals surface area contributed by atoms with Crippen LogP contribution in [0.4, 0.5) is 8.78 Å². The second kappa shape index (κ2) is 4.44. The predicted molar refractivity (Wildman–Crippen MR) is 51.8 cm³/mol. The minimum Gasteiger partial charge on any atom is -0.505 e. The van der Waals surface area contributed by atoms with Crippen LogP contribution in [0.1, 0.15) is 24.8 Å². The molecule has 0 saturated carbocycles. The molecule has 1 aromatic carbocycles. The predicted octanol–water partition coefficient (Wildman–Crippen LogP) is 1.83. The molecule has 0 aliphatic carbocycles. The Bertz CT molecular complexity index is 369. The zero-order chi connectivity index (χ0) is 11.6. The quantitative estimate of drug-likeness (QED) is 0.723. The highest BCUT2D eigenvalue weighted by atomic mass is 19.1. The van der Waals surface area contributed by atoms with E-state index >= 15 is 0 Å². The lowest BCUT2D eigenvalue weighted by Crippen LogP contribution is -2.05. The van der Waals surface area contributed by atoms with Crippen molar-refractivity contribution in [1.29, 1.82) is 0 Å². The summed E-state index contributed by atoms with van der Waals surface area (Å²) in [4.78, 5) is 0. The van der Waals surface area contributed by atoms with E-state index in [9.17, 15) is 13.9 Å². The molecule has 15 heavy (non-hydrogen) atoms. The summed E-state index contributed by atoms with van der Waals surface area (Å²) in [6.45, 7) is 2.04. The van der Waals surface area contributed by atoms with Crippen molar-refractivity contribution >= 4 is 0 Å². The molecule has 0 fully saturated rings. The standard InChI is InChI=1S/C10H13F2NO2/c1-5(2-3-13)6-4-7(11)10(15)8(12)9(6)14/h4-5,14-15H,2-3,13H2,1H3. The van der Waals surface area contributed by atoms with E-state index in [2.05, 4.69) is 0 Å². The fourth-order valence-electron chi connectivity index (χ4n) is 1.40. The Balaban J connectivity index is 3.19. The van der Waals surface area contributed by atoms with Crippen LogP contribution in [0.15, 0.2) is 6.07 Å². The van der Waals surface area contributed by atoms with Gasteiger partial charge in [0.1, 0.15) is 0 Å². The van der Waals surface area contributed by atoms with E-state index in [1.165, 1.54) is 0 Å². The first kappa shape index (κ1) is 11.7. The second-order valence-electron chi connectivity index (χ2n) is 3.44. The molecule has 0 radical (unpaired) electrons. The number of benzene rings is 1. The molecule has 1 aromatic rings. The second-order valence-corrected chi connectivity index (χ2v) is 3.44. The van der Waals surface area contributed by atoms with Gasteiger partial charge in [0.2, 0.25) is 5.82 Å².